The van der Waals surface area contributed by atoms with Crippen LogP contribution in [-0.4, -0.2) is 25.8 Å². The Morgan fingerprint density at radius 3 is 2.57 bits per heavy atom. The molecule has 1 aliphatic rings. The van der Waals surface area contributed by atoms with Gasteiger partial charge in [0.1, 0.15) is 5.75 Å². The maximum atomic E-state index is 11.7. The molecular formula is C20H19NaO7. The molecule has 0 N–H and O–H groups in total. The average Bonchev–Trinajstić information content (AvgIpc) is 3.14. The summed E-state index contributed by atoms with van der Waals surface area (Å²) in [6.45, 7) is 2.06. The summed E-state index contributed by atoms with van der Waals surface area (Å²) in [6.07, 6.45) is 0.0707. The molecule has 0 bridgehead atoms. The van der Waals surface area contributed by atoms with Gasteiger partial charge in [0.05, 0.1) is 18.6 Å². The number of carbonyl (C=O) groups is 2. The molecular weight excluding hydrogens is 375 g/mol. The topological polar surface area (TPSA) is 94.1 Å². The molecule has 1 aliphatic heterocycles. The quantitative estimate of drug-likeness (QED) is 0.441. The zero-order valence-electron chi connectivity index (χ0n) is 16.0. The monoisotopic (exact) mass is 394 g/mol. The fourth-order valence-electron chi connectivity index (χ4n) is 2.86. The maximum absolute atomic E-state index is 11.7. The van der Waals surface area contributed by atoms with Crippen LogP contribution in [0.4, 0.5) is 0 Å². The van der Waals surface area contributed by atoms with Crippen molar-refractivity contribution in [3.05, 3.63) is 53.1 Å². The smallest absolute Gasteiger partial charge is 0.546 e. The van der Waals surface area contributed by atoms with Crippen molar-refractivity contribution in [2.75, 3.05) is 13.9 Å². The number of carboxylic acid groups (broad SMARTS) is 1. The number of fused-ring (bicyclic) bond motifs is 1. The van der Waals surface area contributed by atoms with Crippen LogP contribution < -0.4 is 48.9 Å². The van der Waals surface area contributed by atoms with Crippen LogP contribution in [0.15, 0.2) is 36.4 Å². The first-order valence-electron chi connectivity index (χ1n) is 8.51. The van der Waals surface area contributed by atoms with Crippen molar-refractivity contribution in [2.24, 2.45) is 0 Å². The van der Waals surface area contributed by atoms with Crippen molar-refractivity contribution in [2.45, 2.75) is 25.9 Å². The van der Waals surface area contributed by atoms with E-state index < -0.39 is 18.0 Å². The molecule has 1 atom stereocenters. The first kappa shape index (κ1) is 22.1. The Morgan fingerprint density at radius 2 is 1.89 bits per heavy atom. The molecule has 2 aromatic rings. The molecule has 0 saturated heterocycles. The Morgan fingerprint density at radius 1 is 1.14 bits per heavy atom. The average molecular weight is 394 g/mol. The Hall–Kier alpha value is -2.22. The Labute approximate surface area is 184 Å². The number of carboxylic acids is 1. The third kappa shape index (κ3) is 4.79. The van der Waals surface area contributed by atoms with Gasteiger partial charge < -0.3 is 28.8 Å². The van der Waals surface area contributed by atoms with Gasteiger partial charge >= 0.3 is 35.5 Å². The van der Waals surface area contributed by atoms with Crippen LogP contribution in [0.3, 0.4) is 0 Å². The van der Waals surface area contributed by atoms with Gasteiger partial charge in [-0.1, -0.05) is 19.4 Å². The van der Waals surface area contributed by atoms with Crippen molar-refractivity contribution in [1.82, 2.24) is 0 Å². The molecule has 3 rings (SSSR count). The summed E-state index contributed by atoms with van der Waals surface area (Å²) in [7, 11) is 1.30. The minimum absolute atomic E-state index is 0. The van der Waals surface area contributed by atoms with Gasteiger partial charge in [-0.25, -0.2) is 4.79 Å². The number of aryl methyl sites for hydroxylation is 1. The summed E-state index contributed by atoms with van der Waals surface area (Å²) in [4.78, 5) is 23.5. The molecule has 0 saturated carbocycles. The first-order valence-corrected chi connectivity index (χ1v) is 8.51. The molecule has 0 amide bonds. The number of rotatable bonds is 7. The second-order valence-electron chi connectivity index (χ2n) is 5.99. The van der Waals surface area contributed by atoms with Crippen molar-refractivity contribution in [3.63, 3.8) is 0 Å². The van der Waals surface area contributed by atoms with Crippen LogP contribution in [0.25, 0.3) is 0 Å². The number of ether oxygens (including phenoxy) is 4. The van der Waals surface area contributed by atoms with E-state index in [1.807, 2.05) is 6.92 Å². The van der Waals surface area contributed by atoms with Gasteiger partial charge in [0.15, 0.2) is 17.6 Å². The second-order valence-corrected chi connectivity index (χ2v) is 5.99. The van der Waals surface area contributed by atoms with E-state index in [4.69, 9.17) is 18.9 Å². The first-order chi connectivity index (χ1) is 13.0. The van der Waals surface area contributed by atoms with Crippen LogP contribution in [0.5, 0.6) is 17.2 Å². The predicted octanol–water partition coefficient (Wildman–Crippen LogP) is -0.972. The third-order valence-corrected chi connectivity index (χ3v) is 4.16. The van der Waals surface area contributed by atoms with Crippen molar-refractivity contribution >= 4 is 11.9 Å². The van der Waals surface area contributed by atoms with Gasteiger partial charge in [-0.15, -0.1) is 0 Å². The summed E-state index contributed by atoms with van der Waals surface area (Å²) in [5.41, 5.74) is 1.47. The van der Waals surface area contributed by atoms with Crippen LogP contribution in [0.1, 0.15) is 40.9 Å². The number of methoxy groups -OCH3 is 1. The van der Waals surface area contributed by atoms with E-state index in [0.29, 0.717) is 40.4 Å². The molecule has 7 nitrogen and oxygen atoms in total. The summed E-state index contributed by atoms with van der Waals surface area (Å²) >= 11 is 0. The molecule has 28 heavy (non-hydrogen) atoms. The van der Waals surface area contributed by atoms with Gasteiger partial charge in [0.2, 0.25) is 6.79 Å². The Balaban J connectivity index is 0.00000280. The molecule has 0 fully saturated rings. The van der Waals surface area contributed by atoms with Crippen LogP contribution >= 0.6 is 0 Å². The summed E-state index contributed by atoms with van der Waals surface area (Å²) in [5.74, 6) is -0.474. The van der Waals surface area contributed by atoms with Crippen LogP contribution in [0.2, 0.25) is 0 Å². The predicted molar refractivity (Wildman–Crippen MR) is 92.7 cm³/mol. The molecule has 1 unspecified atom stereocenters. The number of hydrogen-bond donors (Lipinski definition) is 0. The third-order valence-electron chi connectivity index (χ3n) is 4.16. The molecule has 8 heteroatoms. The normalized spacial score (nSPS) is 12.6. The standard InChI is InChI=1S/C20H20O7.Na/c1-3-4-12-9-14(20(23)24-2)6-7-15(12)27-18(19(21)22)13-5-8-16-17(10-13)26-11-25-16;/h5-10,18H,3-4,11H2,1-2H3,(H,21,22);/q;+1/p-1. The molecule has 0 aliphatic carbocycles. The minimum Gasteiger partial charge on any atom is -0.546 e. The van der Waals surface area contributed by atoms with Gasteiger partial charge in [-0.3, -0.25) is 0 Å². The van der Waals surface area contributed by atoms with E-state index in [0.717, 1.165) is 6.42 Å². The number of aliphatic carboxylic acids is 1. The zero-order valence-corrected chi connectivity index (χ0v) is 18.0. The maximum Gasteiger partial charge on any atom is 1.00 e. The summed E-state index contributed by atoms with van der Waals surface area (Å²) in [5, 5.41) is 11.7. The summed E-state index contributed by atoms with van der Waals surface area (Å²) in [6, 6.07) is 9.54. The van der Waals surface area contributed by atoms with E-state index in [2.05, 4.69) is 0 Å². The number of carbonyl (C=O) groups excluding carboxylic acids is 2. The Bertz CT molecular complexity index is 866. The van der Waals surface area contributed by atoms with E-state index in [1.165, 1.54) is 13.2 Å². The number of hydrogen-bond acceptors (Lipinski definition) is 7. The zero-order chi connectivity index (χ0) is 19.4. The van der Waals surface area contributed by atoms with E-state index in [1.54, 1.807) is 30.3 Å². The second kappa shape index (κ2) is 9.82. The SMILES string of the molecule is CCCc1cc(C(=O)OC)ccc1OC(C(=O)[O-])c1ccc2c(c1)OCO2.[Na+]. The fourth-order valence-corrected chi connectivity index (χ4v) is 2.86. The van der Waals surface area contributed by atoms with E-state index >= 15 is 0 Å². The molecule has 142 valence electrons. The van der Waals surface area contributed by atoms with Gasteiger partial charge in [0.25, 0.3) is 0 Å². The molecule has 2 aromatic carbocycles. The summed E-state index contributed by atoms with van der Waals surface area (Å²) < 4.78 is 21.0. The van der Waals surface area contributed by atoms with Crippen molar-refractivity contribution in [3.8, 4) is 17.2 Å². The van der Waals surface area contributed by atoms with Gasteiger partial charge in [0, 0.05) is 5.56 Å². The van der Waals surface area contributed by atoms with Crippen molar-refractivity contribution in [1.29, 1.82) is 0 Å². The minimum atomic E-state index is -1.38. The fraction of sp³-hybridized carbons (Fsp3) is 0.300. The van der Waals surface area contributed by atoms with E-state index in [-0.39, 0.29) is 36.4 Å². The molecule has 0 radical (unpaired) electrons. The molecule has 1 heterocycles. The Kier molecular flexibility index (Phi) is 7.74. The van der Waals surface area contributed by atoms with Crippen LogP contribution in [0, 0.1) is 0 Å². The largest absolute Gasteiger partial charge is 1.00 e. The van der Waals surface area contributed by atoms with Gasteiger partial charge in [-0.05, 0) is 42.3 Å². The molecule has 0 aromatic heterocycles. The number of esters is 1. The van der Waals surface area contributed by atoms with Gasteiger partial charge in [-0.2, -0.15) is 0 Å². The number of benzene rings is 2. The van der Waals surface area contributed by atoms with Crippen molar-refractivity contribution < 1.29 is 63.2 Å². The van der Waals surface area contributed by atoms with Crippen LogP contribution in [-0.2, 0) is 16.0 Å². The molecule has 0 spiro atoms. The van der Waals surface area contributed by atoms with E-state index in [9.17, 15) is 14.7 Å².